The summed E-state index contributed by atoms with van der Waals surface area (Å²) in [6.45, 7) is 5.86. The molecule has 2 rings (SSSR count). The maximum absolute atomic E-state index is 12.1. The highest BCUT2D eigenvalue weighted by Gasteiger charge is 2.34. The first-order valence-electron chi connectivity index (χ1n) is 7.30. The van der Waals surface area contributed by atoms with Crippen LogP contribution in [0.5, 0.6) is 0 Å². The van der Waals surface area contributed by atoms with Gasteiger partial charge in [-0.3, -0.25) is 4.79 Å². The predicted octanol–water partition coefficient (Wildman–Crippen LogP) is 0.914. The minimum absolute atomic E-state index is 0.214. The summed E-state index contributed by atoms with van der Waals surface area (Å²) in [7, 11) is 2.11. The lowest BCUT2D eigenvalue weighted by Crippen LogP contribution is -2.43. The Bertz CT molecular complexity index is 289. The summed E-state index contributed by atoms with van der Waals surface area (Å²) in [5, 5.41) is 0. The van der Waals surface area contributed by atoms with Crippen LogP contribution in [0.2, 0.25) is 0 Å². The quantitative estimate of drug-likeness (QED) is 0.765. The van der Waals surface area contributed by atoms with Crippen LogP contribution >= 0.6 is 0 Å². The molecular weight excluding hydrogens is 226 g/mol. The first-order chi connectivity index (χ1) is 8.61. The number of hydrogen-bond acceptors (Lipinski definition) is 3. The fraction of sp³-hybridized carbons (Fsp3) is 0.929. The van der Waals surface area contributed by atoms with Crippen molar-refractivity contribution in [1.29, 1.82) is 0 Å². The number of likely N-dealkylation sites (tertiary alicyclic amines) is 1. The number of rotatable bonds is 6. The van der Waals surface area contributed by atoms with Crippen LogP contribution in [0.4, 0.5) is 0 Å². The van der Waals surface area contributed by atoms with Crippen molar-refractivity contribution in [2.45, 2.75) is 38.6 Å². The fourth-order valence-corrected chi connectivity index (χ4v) is 2.89. The van der Waals surface area contributed by atoms with E-state index in [9.17, 15) is 4.79 Å². The molecule has 1 heterocycles. The number of nitrogens with two attached hydrogens (primary N) is 1. The number of carbonyl (C=O) groups excluding carboxylic acids is 1. The van der Waals surface area contributed by atoms with Gasteiger partial charge in [0.2, 0.25) is 5.91 Å². The van der Waals surface area contributed by atoms with Gasteiger partial charge in [-0.2, -0.15) is 0 Å². The van der Waals surface area contributed by atoms with Gasteiger partial charge in [0.05, 0.1) is 0 Å². The van der Waals surface area contributed by atoms with Crippen molar-refractivity contribution < 1.29 is 4.79 Å². The Balaban J connectivity index is 1.78. The Morgan fingerprint density at radius 1 is 1.44 bits per heavy atom. The van der Waals surface area contributed by atoms with Crippen molar-refractivity contribution in [1.82, 2.24) is 9.80 Å². The fourth-order valence-electron chi connectivity index (χ4n) is 2.89. The highest BCUT2D eigenvalue weighted by molar-refractivity contribution is 5.77. The molecule has 4 nitrogen and oxygen atoms in total. The van der Waals surface area contributed by atoms with Crippen LogP contribution in [-0.2, 0) is 4.79 Å². The summed E-state index contributed by atoms with van der Waals surface area (Å²) >= 11 is 0. The third kappa shape index (κ3) is 3.45. The van der Waals surface area contributed by atoms with Crippen LogP contribution in [-0.4, -0.2) is 55.0 Å². The predicted molar refractivity (Wildman–Crippen MR) is 73.2 cm³/mol. The van der Waals surface area contributed by atoms with Crippen LogP contribution in [0.3, 0.4) is 0 Å². The zero-order chi connectivity index (χ0) is 13.1. The molecule has 1 amide bonds. The van der Waals surface area contributed by atoms with E-state index in [1.807, 2.05) is 4.90 Å². The highest BCUT2D eigenvalue weighted by Crippen LogP contribution is 2.38. The lowest BCUT2D eigenvalue weighted by Gasteiger charge is -2.28. The van der Waals surface area contributed by atoms with E-state index in [1.165, 1.54) is 6.42 Å². The topological polar surface area (TPSA) is 49.6 Å². The summed E-state index contributed by atoms with van der Waals surface area (Å²) in [4.78, 5) is 16.4. The van der Waals surface area contributed by atoms with Gasteiger partial charge in [0.15, 0.2) is 0 Å². The van der Waals surface area contributed by atoms with Crippen molar-refractivity contribution in [2.24, 2.45) is 17.6 Å². The molecule has 3 unspecified atom stereocenters. The third-order valence-corrected chi connectivity index (χ3v) is 4.56. The maximum atomic E-state index is 12.1. The maximum Gasteiger partial charge on any atom is 0.224 e. The number of nitrogens with zero attached hydrogens (tertiary/aromatic N) is 2. The molecule has 2 N–H and O–H groups in total. The number of likely N-dealkylation sites (N-methyl/N-ethyl adjacent to an activating group) is 1. The Morgan fingerprint density at radius 2 is 2.06 bits per heavy atom. The molecule has 1 aliphatic heterocycles. The minimum atomic E-state index is 0.214. The van der Waals surface area contributed by atoms with Crippen LogP contribution < -0.4 is 5.73 Å². The van der Waals surface area contributed by atoms with Crippen molar-refractivity contribution >= 4 is 5.91 Å². The van der Waals surface area contributed by atoms with E-state index in [0.29, 0.717) is 18.9 Å². The standard InChI is InChI=1S/C14H27N3O/c1-11-7-12(11)10-16(2)13(9-15)8-14(18)17-5-3-4-6-17/h11-13H,3-10,15H2,1-2H3. The lowest BCUT2D eigenvalue weighted by molar-refractivity contribution is -0.131. The first kappa shape index (κ1) is 13.8. The summed E-state index contributed by atoms with van der Waals surface area (Å²) in [5.41, 5.74) is 5.84. The molecule has 104 valence electrons. The van der Waals surface area contributed by atoms with Gasteiger partial charge < -0.3 is 15.5 Å². The molecule has 0 aromatic heterocycles. The van der Waals surface area contributed by atoms with Crippen molar-refractivity contribution in [3.05, 3.63) is 0 Å². The average molecular weight is 253 g/mol. The second-order valence-corrected chi connectivity index (χ2v) is 6.09. The Hall–Kier alpha value is -0.610. The van der Waals surface area contributed by atoms with Gasteiger partial charge in [0, 0.05) is 38.6 Å². The van der Waals surface area contributed by atoms with Gasteiger partial charge in [-0.05, 0) is 38.1 Å². The normalized spacial score (nSPS) is 28.8. The molecule has 0 spiro atoms. The van der Waals surface area contributed by atoms with Gasteiger partial charge in [-0.15, -0.1) is 0 Å². The first-order valence-corrected chi connectivity index (χ1v) is 7.30. The second-order valence-electron chi connectivity index (χ2n) is 6.09. The van der Waals surface area contributed by atoms with Crippen molar-refractivity contribution in [2.75, 3.05) is 33.2 Å². The summed E-state index contributed by atoms with van der Waals surface area (Å²) in [6.07, 6.45) is 4.25. The smallest absolute Gasteiger partial charge is 0.224 e. The van der Waals surface area contributed by atoms with Gasteiger partial charge in [-0.25, -0.2) is 0 Å². The van der Waals surface area contributed by atoms with E-state index in [-0.39, 0.29) is 6.04 Å². The minimum Gasteiger partial charge on any atom is -0.343 e. The molecule has 0 aromatic rings. The molecule has 2 aliphatic rings. The van der Waals surface area contributed by atoms with E-state index in [1.54, 1.807) is 0 Å². The van der Waals surface area contributed by atoms with E-state index in [0.717, 1.165) is 44.3 Å². The largest absolute Gasteiger partial charge is 0.343 e. The van der Waals surface area contributed by atoms with E-state index in [2.05, 4.69) is 18.9 Å². The molecule has 2 fully saturated rings. The zero-order valence-corrected chi connectivity index (χ0v) is 11.8. The third-order valence-electron chi connectivity index (χ3n) is 4.56. The molecular formula is C14H27N3O. The van der Waals surface area contributed by atoms with Crippen LogP contribution in [0.1, 0.15) is 32.6 Å². The van der Waals surface area contributed by atoms with E-state index < -0.39 is 0 Å². The second kappa shape index (κ2) is 6.02. The summed E-state index contributed by atoms with van der Waals surface area (Å²) in [6, 6.07) is 0.214. The molecule has 1 saturated carbocycles. The summed E-state index contributed by atoms with van der Waals surface area (Å²) in [5.74, 6) is 1.98. The van der Waals surface area contributed by atoms with E-state index >= 15 is 0 Å². The molecule has 3 atom stereocenters. The summed E-state index contributed by atoms with van der Waals surface area (Å²) < 4.78 is 0. The van der Waals surface area contributed by atoms with Gasteiger partial charge in [0.25, 0.3) is 0 Å². The highest BCUT2D eigenvalue weighted by atomic mass is 16.2. The van der Waals surface area contributed by atoms with Gasteiger partial charge >= 0.3 is 0 Å². The van der Waals surface area contributed by atoms with Gasteiger partial charge in [0.1, 0.15) is 0 Å². The Kier molecular flexibility index (Phi) is 4.62. The van der Waals surface area contributed by atoms with Gasteiger partial charge in [-0.1, -0.05) is 6.92 Å². The molecule has 1 aliphatic carbocycles. The average Bonchev–Trinajstić information content (AvgIpc) is 2.87. The van der Waals surface area contributed by atoms with Crippen molar-refractivity contribution in [3.8, 4) is 0 Å². The lowest BCUT2D eigenvalue weighted by atomic mass is 10.1. The number of hydrogen-bond donors (Lipinski definition) is 1. The van der Waals surface area contributed by atoms with Crippen LogP contribution in [0.25, 0.3) is 0 Å². The monoisotopic (exact) mass is 253 g/mol. The van der Waals surface area contributed by atoms with E-state index in [4.69, 9.17) is 5.73 Å². The molecule has 1 saturated heterocycles. The Morgan fingerprint density at radius 3 is 2.56 bits per heavy atom. The SMILES string of the molecule is CC1CC1CN(C)C(CN)CC(=O)N1CCCC1. The number of amides is 1. The van der Waals surface area contributed by atoms with Crippen molar-refractivity contribution in [3.63, 3.8) is 0 Å². The van der Waals surface area contributed by atoms with Crippen LogP contribution in [0, 0.1) is 11.8 Å². The molecule has 0 aromatic carbocycles. The van der Waals surface area contributed by atoms with Crippen LogP contribution in [0.15, 0.2) is 0 Å². The Labute approximate surface area is 110 Å². The molecule has 4 heteroatoms. The molecule has 18 heavy (non-hydrogen) atoms. The number of carbonyl (C=O) groups is 1. The zero-order valence-electron chi connectivity index (χ0n) is 11.8. The molecule has 0 radical (unpaired) electrons. The molecule has 0 bridgehead atoms.